The molecule has 2 atom stereocenters. The number of hydrogen-bond donors (Lipinski definition) is 3. The lowest BCUT2D eigenvalue weighted by Crippen LogP contribution is -2.36. The second-order valence-corrected chi connectivity index (χ2v) is 5.48. The van der Waals surface area contributed by atoms with Crippen molar-refractivity contribution in [2.75, 3.05) is 12.4 Å². The summed E-state index contributed by atoms with van der Waals surface area (Å²) in [5, 5.41) is 14.5. The number of amides is 2. The summed E-state index contributed by atoms with van der Waals surface area (Å²) in [7, 11) is 1.55. The lowest BCUT2D eigenvalue weighted by molar-refractivity contribution is -0.147. The molecular weight excluding hydrogens is 284 g/mol. The maximum absolute atomic E-state index is 12.3. The van der Waals surface area contributed by atoms with E-state index in [1.165, 1.54) is 0 Å². The zero-order valence-electron chi connectivity index (χ0n) is 12.5. The first kappa shape index (κ1) is 16.0. The topological polar surface area (TPSA) is 95.5 Å². The lowest BCUT2D eigenvalue weighted by atomic mass is 9.78. The first-order chi connectivity index (χ1) is 10.5. The Bertz CT molecular complexity index is 568. The van der Waals surface area contributed by atoms with Crippen molar-refractivity contribution in [2.45, 2.75) is 25.7 Å². The van der Waals surface area contributed by atoms with E-state index in [4.69, 9.17) is 0 Å². The Labute approximate surface area is 128 Å². The fourth-order valence-corrected chi connectivity index (χ4v) is 2.82. The molecule has 22 heavy (non-hydrogen) atoms. The lowest BCUT2D eigenvalue weighted by Gasteiger charge is -2.27. The van der Waals surface area contributed by atoms with E-state index in [9.17, 15) is 19.5 Å². The summed E-state index contributed by atoms with van der Waals surface area (Å²) < 4.78 is 0. The van der Waals surface area contributed by atoms with Gasteiger partial charge in [-0.1, -0.05) is 12.8 Å². The summed E-state index contributed by atoms with van der Waals surface area (Å²) in [6.07, 6.45) is 2.86. The molecule has 0 radical (unpaired) electrons. The van der Waals surface area contributed by atoms with Crippen LogP contribution in [0.3, 0.4) is 0 Å². The standard InChI is InChI=1S/C16H20N2O4/c1-17-14(19)10-6-8-11(9-7-10)18-15(20)12-4-2-3-5-13(12)16(21)22/h6-9,12-13H,2-5H2,1H3,(H,17,19)(H,18,20)(H,21,22)/t12-,13+/m1/s1. The predicted molar refractivity (Wildman–Crippen MR) is 81.5 cm³/mol. The Morgan fingerprint density at radius 2 is 1.64 bits per heavy atom. The maximum atomic E-state index is 12.3. The highest BCUT2D eigenvalue weighted by molar-refractivity contribution is 5.97. The van der Waals surface area contributed by atoms with Crippen LogP contribution in [0.4, 0.5) is 5.69 Å². The van der Waals surface area contributed by atoms with E-state index in [0.717, 1.165) is 12.8 Å². The molecule has 1 saturated carbocycles. The Hall–Kier alpha value is -2.37. The average Bonchev–Trinajstić information content (AvgIpc) is 2.54. The van der Waals surface area contributed by atoms with Gasteiger partial charge in [-0.3, -0.25) is 14.4 Å². The molecule has 1 aromatic carbocycles. The molecule has 0 spiro atoms. The number of carboxylic acid groups (broad SMARTS) is 1. The van der Waals surface area contributed by atoms with E-state index >= 15 is 0 Å². The van der Waals surface area contributed by atoms with Crippen LogP contribution in [0.15, 0.2) is 24.3 Å². The molecule has 0 saturated heterocycles. The van der Waals surface area contributed by atoms with Gasteiger partial charge in [0.15, 0.2) is 0 Å². The third-order valence-electron chi connectivity index (χ3n) is 4.06. The van der Waals surface area contributed by atoms with Crippen LogP contribution in [0.25, 0.3) is 0 Å². The molecule has 2 amide bonds. The minimum Gasteiger partial charge on any atom is -0.481 e. The predicted octanol–water partition coefficient (Wildman–Crippen LogP) is 1.88. The van der Waals surface area contributed by atoms with Crippen LogP contribution in [0, 0.1) is 11.8 Å². The van der Waals surface area contributed by atoms with E-state index in [1.54, 1.807) is 31.3 Å². The zero-order valence-corrected chi connectivity index (χ0v) is 12.5. The molecule has 6 heteroatoms. The Morgan fingerprint density at radius 1 is 1.05 bits per heavy atom. The monoisotopic (exact) mass is 304 g/mol. The summed E-state index contributed by atoms with van der Waals surface area (Å²) in [5.74, 6) is -2.48. The number of benzene rings is 1. The van der Waals surface area contributed by atoms with Gasteiger partial charge in [0.25, 0.3) is 5.91 Å². The van der Waals surface area contributed by atoms with Gasteiger partial charge in [0.1, 0.15) is 0 Å². The van der Waals surface area contributed by atoms with E-state index in [-0.39, 0.29) is 11.8 Å². The van der Waals surface area contributed by atoms with Crippen molar-refractivity contribution in [3.8, 4) is 0 Å². The van der Waals surface area contributed by atoms with Crippen molar-refractivity contribution in [3.63, 3.8) is 0 Å². The van der Waals surface area contributed by atoms with Crippen LogP contribution >= 0.6 is 0 Å². The number of carbonyl (C=O) groups excluding carboxylic acids is 2. The molecule has 0 aromatic heterocycles. The van der Waals surface area contributed by atoms with Crippen LogP contribution in [0.5, 0.6) is 0 Å². The maximum Gasteiger partial charge on any atom is 0.307 e. The number of rotatable bonds is 4. The Morgan fingerprint density at radius 3 is 2.18 bits per heavy atom. The number of hydrogen-bond acceptors (Lipinski definition) is 3. The largest absolute Gasteiger partial charge is 0.481 e. The summed E-state index contributed by atoms with van der Waals surface area (Å²) in [6.45, 7) is 0. The third-order valence-corrected chi connectivity index (χ3v) is 4.06. The molecule has 1 aliphatic carbocycles. The second-order valence-electron chi connectivity index (χ2n) is 5.48. The van der Waals surface area contributed by atoms with Crippen molar-refractivity contribution in [1.82, 2.24) is 5.32 Å². The van der Waals surface area contributed by atoms with Crippen molar-refractivity contribution < 1.29 is 19.5 Å². The highest BCUT2D eigenvalue weighted by Gasteiger charge is 2.35. The molecule has 2 rings (SSSR count). The van der Waals surface area contributed by atoms with Crippen LogP contribution in [-0.4, -0.2) is 29.9 Å². The molecule has 1 aliphatic rings. The second kappa shape index (κ2) is 7.06. The highest BCUT2D eigenvalue weighted by atomic mass is 16.4. The first-order valence-corrected chi connectivity index (χ1v) is 7.38. The summed E-state index contributed by atoms with van der Waals surface area (Å²) in [6, 6.07) is 6.51. The van der Waals surface area contributed by atoms with Gasteiger partial charge in [0.05, 0.1) is 11.8 Å². The quantitative estimate of drug-likeness (QED) is 0.791. The van der Waals surface area contributed by atoms with E-state index in [2.05, 4.69) is 10.6 Å². The molecule has 3 N–H and O–H groups in total. The molecule has 1 aromatic rings. The van der Waals surface area contributed by atoms with E-state index in [1.807, 2.05) is 0 Å². The highest BCUT2D eigenvalue weighted by Crippen LogP contribution is 2.31. The smallest absolute Gasteiger partial charge is 0.307 e. The van der Waals surface area contributed by atoms with Crippen molar-refractivity contribution in [1.29, 1.82) is 0 Å². The van der Waals surface area contributed by atoms with Gasteiger partial charge < -0.3 is 15.7 Å². The molecule has 0 bridgehead atoms. The van der Waals surface area contributed by atoms with Crippen LogP contribution in [0.1, 0.15) is 36.0 Å². The Kier molecular flexibility index (Phi) is 5.14. The van der Waals surface area contributed by atoms with Crippen molar-refractivity contribution >= 4 is 23.5 Å². The van der Waals surface area contributed by atoms with Gasteiger partial charge in [-0.05, 0) is 37.1 Å². The van der Waals surface area contributed by atoms with E-state index < -0.39 is 17.8 Å². The number of carbonyl (C=O) groups is 3. The number of nitrogens with one attached hydrogen (secondary N) is 2. The fourth-order valence-electron chi connectivity index (χ4n) is 2.82. The third kappa shape index (κ3) is 3.63. The molecule has 0 heterocycles. The number of carboxylic acids is 1. The fraction of sp³-hybridized carbons (Fsp3) is 0.438. The Balaban J connectivity index is 2.04. The number of aliphatic carboxylic acids is 1. The molecule has 0 unspecified atom stereocenters. The molecule has 6 nitrogen and oxygen atoms in total. The van der Waals surface area contributed by atoms with E-state index in [0.29, 0.717) is 24.1 Å². The average molecular weight is 304 g/mol. The summed E-state index contributed by atoms with van der Waals surface area (Å²) >= 11 is 0. The van der Waals surface area contributed by atoms with Gasteiger partial charge in [-0.2, -0.15) is 0 Å². The van der Waals surface area contributed by atoms with Gasteiger partial charge in [0.2, 0.25) is 5.91 Å². The van der Waals surface area contributed by atoms with Crippen LogP contribution < -0.4 is 10.6 Å². The molecule has 118 valence electrons. The zero-order chi connectivity index (χ0) is 16.1. The van der Waals surface area contributed by atoms with Gasteiger partial charge in [-0.25, -0.2) is 0 Å². The molecular formula is C16H20N2O4. The summed E-state index contributed by atoms with van der Waals surface area (Å²) in [5.41, 5.74) is 1.06. The van der Waals surface area contributed by atoms with Crippen molar-refractivity contribution in [3.05, 3.63) is 29.8 Å². The summed E-state index contributed by atoms with van der Waals surface area (Å²) in [4.78, 5) is 35.0. The van der Waals surface area contributed by atoms with Gasteiger partial charge >= 0.3 is 5.97 Å². The van der Waals surface area contributed by atoms with Gasteiger partial charge in [0, 0.05) is 18.3 Å². The van der Waals surface area contributed by atoms with Gasteiger partial charge in [-0.15, -0.1) is 0 Å². The SMILES string of the molecule is CNC(=O)c1ccc(NC(=O)[C@@H]2CCCC[C@@H]2C(=O)O)cc1. The molecule has 0 aliphatic heterocycles. The first-order valence-electron chi connectivity index (χ1n) is 7.38. The van der Waals surface area contributed by atoms with Crippen molar-refractivity contribution in [2.24, 2.45) is 11.8 Å². The van der Waals surface area contributed by atoms with Crippen LogP contribution in [-0.2, 0) is 9.59 Å². The van der Waals surface area contributed by atoms with Crippen LogP contribution in [0.2, 0.25) is 0 Å². The minimum atomic E-state index is -0.908. The molecule has 1 fully saturated rings. The number of anilines is 1. The normalized spacial score (nSPS) is 21.0. The minimum absolute atomic E-state index is 0.198.